The van der Waals surface area contributed by atoms with E-state index in [-0.39, 0.29) is 5.91 Å². The van der Waals surface area contributed by atoms with Gasteiger partial charge in [0.1, 0.15) is 11.2 Å². The predicted octanol–water partition coefficient (Wildman–Crippen LogP) is 3.32. The zero-order valence-electron chi connectivity index (χ0n) is 14.3. The van der Waals surface area contributed by atoms with Gasteiger partial charge in [-0.05, 0) is 53.5 Å². The molecule has 5 nitrogen and oxygen atoms in total. The molecule has 0 N–H and O–H groups in total. The summed E-state index contributed by atoms with van der Waals surface area (Å²) in [6.07, 6.45) is 1.84. The first kappa shape index (κ1) is 16.1. The Morgan fingerprint density at radius 3 is 2.39 bits per heavy atom. The summed E-state index contributed by atoms with van der Waals surface area (Å²) < 4.78 is 0. The maximum atomic E-state index is 13.1. The second-order valence-corrected chi connectivity index (χ2v) is 7.85. The van der Waals surface area contributed by atoms with E-state index < -0.39 is 5.54 Å². The molecule has 0 spiro atoms. The number of hydrogen-bond donors (Lipinski definition) is 0. The standard InChI is InChI=1S/C17H22N4OS/c1-10-9-11(2)19-16(18-10)17(5)7-6-8-21(17)15(22)14-12(3)23-13(4)20-14/h9H,6-8H2,1-5H3/t17-/m1/s1. The fourth-order valence-electron chi connectivity index (χ4n) is 3.34. The van der Waals surface area contributed by atoms with Crippen molar-refractivity contribution in [3.63, 3.8) is 0 Å². The minimum absolute atomic E-state index is 0.00499. The molecule has 3 heterocycles. The van der Waals surface area contributed by atoms with Crippen molar-refractivity contribution in [1.82, 2.24) is 19.9 Å². The quantitative estimate of drug-likeness (QED) is 0.847. The minimum Gasteiger partial charge on any atom is -0.325 e. The van der Waals surface area contributed by atoms with Crippen LogP contribution in [0.2, 0.25) is 0 Å². The maximum absolute atomic E-state index is 13.1. The lowest BCUT2D eigenvalue weighted by atomic mass is 9.97. The number of aromatic nitrogens is 3. The third-order valence-electron chi connectivity index (χ3n) is 4.46. The lowest BCUT2D eigenvalue weighted by molar-refractivity contribution is 0.0597. The van der Waals surface area contributed by atoms with Gasteiger partial charge in [0.25, 0.3) is 5.91 Å². The highest BCUT2D eigenvalue weighted by molar-refractivity contribution is 7.11. The van der Waals surface area contributed by atoms with E-state index in [0.717, 1.165) is 46.5 Å². The Morgan fingerprint density at radius 2 is 1.83 bits per heavy atom. The largest absolute Gasteiger partial charge is 0.325 e. The highest BCUT2D eigenvalue weighted by Crippen LogP contribution is 2.38. The molecule has 2 aromatic rings. The molecule has 1 fully saturated rings. The maximum Gasteiger partial charge on any atom is 0.274 e. The third-order valence-corrected chi connectivity index (χ3v) is 5.34. The second-order valence-electron chi connectivity index (χ2n) is 6.45. The number of rotatable bonds is 2. The Kier molecular flexibility index (Phi) is 3.96. The van der Waals surface area contributed by atoms with Crippen LogP contribution in [0.5, 0.6) is 0 Å². The van der Waals surface area contributed by atoms with Crippen LogP contribution in [0.15, 0.2) is 6.07 Å². The van der Waals surface area contributed by atoms with Gasteiger partial charge in [0.2, 0.25) is 0 Å². The molecule has 122 valence electrons. The Bertz CT molecular complexity index is 750. The van der Waals surface area contributed by atoms with Crippen LogP contribution >= 0.6 is 11.3 Å². The van der Waals surface area contributed by atoms with Gasteiger partial charge in [0, 0.05) is 22.8 Å². The van der Waals surface area contributed by atoms with Gasteiger partial charge < -0.3 is 4.90 Å². The molecule has 2 aromatic heterocycles. The number of likely N-dealkylation sites (tertiary alicyclic amines) is 1. The number of thiazole rings is 1. The Hall–Kier alpha value is -1.82. The van der Waals surface area contributed by atoms with Crippen LogP contribution in [-0.2, 0) is 5.54 Å². The molecule has 0 unspecified atom stereocenters. The topological polar surface area (TPSA) is 59.0 Å². The lowest BCUT2D eigenvalue weighted by Crippen LogP contribution is -2.44. The molecule has 0 aromatic carbocycles. The molecule has 0 bridgehead atoms. The highest BCUT2D eigenvalue weighted by Gasteiger charge is 2.44. The molecular weight excluding hydrogens is 308 g/mol. The van der Waals surface area contributed by atoms with Gasteiger partial charge >= 0.3 is 0 Å². The van der Waals surface area contributed by atoms with Gasteiger partial charge in [0.05, 0.1) is 5.01 Å². The minimum atomic E-state index is -0.460. The summed E-state index contributed by atoms with van der Waals surface area (Å²) in [6.45, 7) is 10.6. The molecule has 1 saturated heterocycles. The summed E-state index contributed by atoms with van der Waals surface area (Å²) in [5.41, 5.74) is 1.99. The molecule has 1 atom stereocenters. The first-order valence-electron chi connectivity index (χ1n) is 7.90. The Morgan fingerprint density at radius 1 is 1.17 bits per heavy atom. The van der Waals surface area contributed by atoms with Crippen molar-refractivity contribution in [3.05, 3.63) is 38.9 Å². The third kappa shape index (κ3) is 2.76. The van der Waals surface area contributed by atoms with E-state index in [1.807, 2.05) is 38.7 Å². The van der Waals surface area contributed by atoms with Crippen molar-refractivity contribution in [2.75, 3.05) is 6.54 Å². The van der Waals surface area contributed by atoms with Crippen molar-refractivity contribution in [3.8, 4) is 0 Å². The van der Waals surface area contributed by atoms with E-state index in [2.05, 4.69) is 21.9 Å². The zero-order valence-corrected chi connectivity index (χ0v) is 15.1. The molecule has 1 aliphatic heterocycles. The average Bonchev–Trinajstić information content (AvgIpc) is 3.01. The molecule has 23 heavy (non-hydrogen) atoms. The Labute approximate surface area is 140 Å². The average molecular weight is 330 g/mol. The van der Waals surface area contributed by atoms with E-state index in [0.29, 0.717) is 5.69 Å². The van der Waals surface area contributed by atoms with Crippen LogP contribution in [0.1, 0.15) is 57.4 Å². The number of carbonyl (C=O) groups is 1. The number of hydrogen-bond acceptors (Lipinski definition) is 5. The number of carbonyl (C=O) groups excluding carboxylic acids is 1. The second kappa shape index (κ2) is 5.67. The smallest absolute Gasteiger partial charge is 0.274 e. The van der Waals surface area contributed by atoms with E-state index in [9.17, 15) is 4.79 Å². The molecular formula is C17H22N4OS. The van der Waals surface area contributed by atoms with E-state index in [1.165, 1.54) is 0 Å². The van der Waals surface area contributed by atoms with Crippen LogP contribution in [0.25, 0.3) is 0 Å². The van der Waals surface area contributed by atoms with Crippen LogP contribution in [-0.4, -0.2) is 32.3 Å². The van der Waals surface area contributed by atoms with Crippen molar-refractivity contribution in [1.29, 1.82) is 0 Å². The van der Waals surface area contributed by atoms with Gasteiger partial charge in [-0.3, -0.25) is 4.79 Å². The number of nitrogens with zero attached hydrogens (tertiary/aromatic N) is 4. The van der Waals surface area contributed by atoms with Crippen LogP contribution in [0, 0.1) is 27.7 Å². The molecule has 3 rings (SSSR count). The van der Waals surface area contributed by atoms with Gasteiger partial charge in [-0.25, -0.2) is 15.0 Å². The van der Waals surface area contributed by atoms with Crippen molar-refractivity contribution in [2.24, 2.45) is 0 Å². The van der Waals surface area contributed by atoms with Gasteiger partial charge in [-0.15, -0.1) is 11.3 Å². The molecule has 0 saturated carbocycles. The fraction of sp³-hybridized carbons (Fsp3) is 0.529. The molecule has 0 radical (unpaired) electrons. The van der Waals surface area contributed by atoms with Crippen LogP contribution in [0.3, 0.4) is 0 Å². The molecule has 0 aliphatic carbocycles. The SMILES string of the molecule is Cc1cc(C)nc([C@@]2(C)CCCN2C(=O)c2nc(C)sc2C)n1. The lowest BCUT2D eigenvalue weighted by Gasteiger charge is -2.34. The predicted molar refractivity (Wildman–Crippen MR) is 90.7 cm³/mol. The summed E-state index contributed by atoms with van der Waals surface area (Å²) >= 11 is 1.57. The van der Waals surface area contributed by atoms with Crippen molar-refractivity contribution in [2.45, 2.75) is 53.0 Å². The molecule has 1 aliphatic rings. The first-order chi connectivity index (χ1) is 10.8. The van der Waals surface area contributed by atoms with Crippen LogP contribution in [0.4, 0.5) is 0 Å². The van der Waals surface area contributed by atoms with E-state index in [4.69, 9.17) is 0 Å². The summed E-state index contributed by atoms with van der Waals surface area (Å²) in [6, 6.07) is 1.96. The first-order valence-corrected chi connectivity index (χ1v) is 8.71. The van der Waals surface area contributed by atoms with E-state index in [1.54, 1.807) is 11.3 Å². The van der Waals surface area contributed by atoms with Gasteiger partial charge in [-0.1, -0.05) is 0 Å². The monoisotopic (exact) mass is 330 g/mol. The van der Waals surface area contributed by atoms with Crippen LogP contribution < -0.4 is 0 Å². The van der Waals surface area contributed by atoms with Gasteiger partial charge in [0.15, 0.2) is 5.82 Å². The summed E-state index contributed by atoms with van der Waals surface area (Å²) in [7, 11) is 0. The summed E-state index contributed by atoms with van der Waals surface area (Å²) in [4.78, 5) is 29.6. The molecule has 1 amide bonds. The van der Waals surface area contributed by atoms with E-state index >= 15 is 0 Å². The highest BCUT2D eigenvalue weighted by atomic mass is 32.1. The summed E-state index contributed by atoms with van der Waals surface area (Å²) in [5, 5.41) is 0.925. The molecule has 6 heteroatoms. The number of amides is 1. The fourth-order valence-corrected chi connectivity index (χ4v) is 4.15. The van der Waals surface area contributed by atoms with Crippen molar-refractivity contribution >= 4 is 17.2 Å². The zero-order chi connectivity index (χ0) is 16.8. The Balaban J connectivity index is 2.02. The van der Waals surface area contributed by atoms with Gasteiger partial charge in [-0.2, -0.15) is 0 Å². The number of aryl methyl sites for hydroxylation is 4. The normalized spacial score (nSPS) is 21.0. The van der Waals surface area contributed by atoms with Crippen molar-refractivity contribution < 1.29 is 4.79 Å². The summed E-state index contributed by atoms with van der Waals surface area (Å²) in [5.74, 6) is 0.736.